The summed E-state index contributed by atoms with van der Waals surface area (Å²) in [7, 11) is 0. The summed E-state index contributed by atoms with van der Waals surface area (Å²) in [4.78, 5) is 32.8. The molecule has 21 heavy (non-hydrogen) atoms. The minimum absolute atomic E-state index is 0.196. The van der Waals surface area contributed by atoms with Crippen molar-refractivity contribution in [3.63, 3.8) is 0 Å². The normalized spacial score (nSPS) is 15.9. The first-order chi connectivity index (χ1) is 9.81. The van der Waals surface area contributed by atoms with E-state index in [1.165, 1.54) is 0 Å². The van der Waals surface area contributed by atoms with E-state index < -0.39 is 33.8 Å². The molecule has 1 aliphatic carbocycles. The molecule has 112 valence electrons. The van der Waals surface area contributed by atoms with Crippen LogP contribution in [0.15, 0.2) is 18.2 Å². The van der Waals surface area contributed by atoms with Gasteiger partial charge in [-0.15, -0.1) is 0 Å². The SMILES string of the molecule is O=C(O)CC1(NC(=O)c2cc(F)cc([N+](=O)[O-])c2)CCC1. The van der Waals surface area contributed by atoms with Gasteiger partial charge in [-0.2, -0.15) is 0 Å². The Hall–Kier alpha value is -2.51. The van der Waals surface area contributed by atoms with Crippen molar-refractivity contribution < 1.29 is 24.0 Å². The predicted molar refractivity (Wildman–Crippen MR) is 69.4 cm³/mol. The fraction of sp³-hybridized carbons (Fsp3) is 0.385. The number of carbonyl (C=O) groups excluding carboxylic acids is 1. The van der Waals surface area contributed by atoms with Gasteiger partial charge in [0.25, 0.3) is 11.6 Å². The average Bonchev–Trinajstić information content (AvgIpc) is 2.34. The van der Waals surface area contributed by atoms with Crippen molar-refractivity contribution in [3.05, 3.63) is 39.7 Å². The fourth-order valence-corrected chi connectivity index (χ4v) is 2.36. The summed E-state index contributed by atoms with van der Waals surface area (Å²) in [5, 5.41) is 22.1. The van der Waals surface area contributed by atoms with Crippen LogP contribution in [0.1, 0.15) is 36.0 Å². The quantitative estimate of drug-likeness (QED) is 0.636. The van der Waals surface area contributed by atoms with Gasteiger partial charge in [0, 0.05) is 11.6 Å². The topological polar surface area (TPSA) is 110 Å². The molecule has 2 N–H and O–H groups in total. The van der Waals surface area contributed by atoms with Crippen LogP contribution in [-0.4, -0.2) is 27.4 Å². The lowest BCUT2D eigenvalue weighted by Gasteiger charge is -2.41. The highest BCUT2D eigenvalue weighted by Gasteiger charge is 2.40. The highest BCUT2D eigenvalue weighted by molar-refractivity contribution is 5.95. The summed E-state index contributed by atoms with van der Waals surface area (Å²) in [5.41, 5.74) is -1.57. The third-order valence-electron chi connectivity index (χ3n) is 3.53. The van der Waals surface area contributed by atoms with Crippen molar-refractivity contribution in [1.82, 2.24) is 5.32 Å². The Morgan fingerprint density at radius 2 is 2.05 bits per heavy atom. The third-order valence-corrected chi connectivity index (χ3v) is 3.53. The third kappa shape index (κ3) is 3.33. The molecule has 0 bridgehead atoms. The van der Waals surface area contributed by atoms with Crippen LogP contribution in [0.4, 0.5) is 10.1 Å². The first-order valence-electron chi connectivity index (χ1n) is 6.31. The molecule has 1 aromatic rings. The van der Waals surface area contributed by atoms with Crippen molar-refractivity contribution in [2.24, 2.45) is 0 Å². The Morgan fingerprint density at radius 3 is 2.52 bits per heavy atom. The van der Waals surface area contributed by atoms with Gasteiger partial charge in [-0.05, 0) is 25.3 Å². The lowest BCUT2D eigenvalue weighted by molar-refractivity contribution is -0.385. The summed E-state index contributed by atoms with van der Waals surface area (Å²) in [6.45, 7) is 0. The molecule has 1 aliphatic rings. The van der Waals surface area contributed by atoms with Gasteiger partial charge in [-0.3, -0.25) is 19.7 Å². The lowest BCUT2D eigenvalue weighted by Crippen LogP contribution is -2.54. The smallest absolute Gasteiger partial charge is 0.305 e. The van der Waals surface area contributed by atoms with E-state index in [0.717, 1.165) is 18.6 Å². The maximum absolute atomic E-state index is 13.3. The standard InChI is InChI=1S/C13H13FN2O5/c14-9-4-8(5-10(6-9)16(20)21)12(19)15-13(2-1-3-13)7-11(17)18/h4-6H,1-3,7H2,(H,15,19)(H,17,18). The first kappa shape index (κ1) is 14.9. The van der Waals surface area contributed by atoms with Crippen molar-refractivity contribution in [2.45, 2.75) is 31.2 Å². The maximum Gasteiger partial charge on any atom is 0.305 e. The van der Waals surface area contributed by atoms with E-state index >= 15 is 0 Å². The number of halogens is 1. The Labute approximate surface area is 118 Å². The zero-order chi connectivity index (χ0) is 15.6. The molecule has 1 amide bonds. The largest absolute Gasteiger partial charge is 0.481 e. The van der Waals surface area contributed by atoms with Gasteiger partial charge in [0.2, 0.25) is 0 Å². The van der Waals surface area contributed by atoms with Crippen molar-refractivity contribution in [3.8, 4) is 0 Å². The Morgan fingerprint density at radius 1 is 1.38 bits per heavy atom. The van der Waals surface area contributed by atoms with E-state index in [0.29, 0.717) is 18.9 Å². The van der Waals surface area contributed by atoms with Crippen LogP contribution in [0.2, 0.25) is 0 Å². The number of hydrogen-bond donors (Lipinski definition) is 2. The summed E-state index contributed by atoms with van der Waals surface area (Å²) in [6, 6.07) is 2.56. The van der Waals surface area contributed by atoms with E-state index in [9.17, 15) is 24.1 Å². The number of amides is 1. The van der Waals surface area contributed by atoms with Crippen LogP contribution < -0.4 is 5.32 Å². The van der Waals surface area contributed by atoms with Gasteiger partial charge < -0.3 is 10.4 Å². The number of benzene rings is 1. The van der Waals surface area contributed by atoms with E-state index in [1.54, 1.807) is 0 Å². The predicted octanol–water partition coefficient (Wildman–Crippen LogP) is 1.86. The Kier molecular flexibility index (Phi) is 3.88. The minimum Gasteiger partial charge on any atom is -0.481 e. The fourth-order valence-electron chi connectivity index (χ4n) is 2.36. The molecule has 1 fully saturated rings. The molecule has 0 aliphatic heterocycles. The van der Waals surface area contributed by atoms with Crippen molar-refractivity contribution in [1.29, 1.82) is 0 Å². The van der Waals surface area contributed by atoms with Crippen molar-refractivity contribution in [2.75, 3.05) is 0 Å². The van der Waals surface area contributed by atoms with Crippen LogP contribution in [-0.2, 0) is 4.79 Å². The Balaban J connectivity index is 2.20. The van der Waals surface area contributed by atoms with E-state index in [4.69, 9.17) is 5.11 Å². The molecule has 0 spiro atoms. The number of nitrogens with one attached hydrogen (secondary N) is 1. The van der Waals surface area contributed by atoms with Gasteiger partial charge in [0.1, 0.15) is 5.82 Å². The van der Waals surface area contributed by atoms with Gasteiger partial charge in [0.15, 0.2) is 0 Å². The molecule has 0 radical (unpaired) electrons. The molecule has 8 heteroatoms. The molecule has 0 atom stereocenters. The van der Waals surface area contributed by atoms with Gasteiger partial charge in [-0.25, -0.2) is 4.39 Å². The maximum atomic E-state index is 13.3. The molecular weight excluding hydrogens is 283 g/mol. The molecule has 1 aromatic carbocycles. The number of nitro groups is 1. The number of rotatable bonds is 5. The van der Waals surface area contributed by atoms with Crippen LogP contribution >= 0.6 is 0 Å². The first-order valence-corrected chi connectivity index (χ1v) is 6.31. The zero-order valence-electron chi connectivity index (χ0n) is 11.0. The number of carboxylic acids is 1. The molecule has 0 saturated heterocycles. The van der Waals surface area contributed by atoms with Crippen LogP contribution in [0, 0.1) is 15.9 Å². The lowest BCUT2D eigenvalue weighted by atomic mass is 9.74. The minimum atomic E-state index is -1.04. The zero-order valence-corrected chi connectivity index (χ0v) is 11.0. The van der Waals surface area contributed by atoms with Crippen molar-refractivity contribution >= 4 is 17.6 Å². The number of non-ortho nitro benzene ring substituents is 1. The van der Waals surface area contributed by atoms with E-state index in [1.807, 2.05) is 0 Å². The van der Waals surface area contributed by atoms with E-state index in [-0.39, 0.29) is 12.0 Å². The summed E-state index contributed by atoms with van der Waals surface area (Å²) < 4.78 is 13.3. The van der Waals surface area contributed by atoms with Gasteiger partial charge in [-0.1, -0.05) is 0 Å². The summed E-state index contributed by atoms with van der Waals surface area (Å²) >= 11 is 0. The number of nitrogens with zero attached hydrogens (tertiary/aromatic N) is 1. The van der Waals surface area contributed by atoms with Gasteiger partial charge >= 0.3 is 5.97 Å². The molecule has 0 aromatic heterocycles. The monoisotopic (exact) mass is 296 g/mol. The second-order valence-electron chi connectivity index (χ2n) is 5.11. The summed E-state index contributed by atoms with van der Waals surface area (Å²) in [6.07, 6.45) is 1.60. The van der Waals surface area contributed by atoms with E-state index in [2.05, 4.69) is 5.32 Å². The molecule has 7 nitrogen and oxygen atoms in total. The van der Waals surface area contributed by atoms with Crippen LogP contribution in [0.3, 0.4) is 0 Å². The number of carboxylic acid groups (broad SMARTS) is 1. The number of nitro benzene ring substituents is 1. The average molecular weight is 296 g/mol. The molecular formula is C13H13FN2O5. The highest BCUT2D eigenvalue weighted by atomic mass is 19.1. The second-order valence-corrected chi connectivity index (χ2v) is 5.11. The van der Waals surface area contributed by atoms with Crippen LogP contribution in [0.25, 0.3) is 0 Å². The number of hydrogen-bond acceptors (Lipinski definition) is 4. The number of aliphatic carboxylic acids is 1. The molecule has 0 unspecified atom stereocenters. The second kappa shape index (κ2) is 5.47. The number of carbonyl (C=O) groups is 2. The molecule has 0 heterocycles. The van der Waals surface area contributed by atoms with Gasteiger partial charge in [0.05, 0.1) is 22.9 Å². The molecule has 2 rings (SSSR count). The highest BCUT2D eigenvalue weighted by Crippen LogP contribution is 2.35. The molecule has 1 saturated carbocycles. The van der Waals surface area contributed by atoms with Crippen LogP contribution in [0.5, 0.6) is 0 Å². The Bertz CT molecular complexity index is 613. The summed E-state index contributed by atoms with van der Waals surface area (Å²) in [5.74, 6) is -2.64.